The Morgan fingerprint density at radius 3 is 2.29 bits per heavy atom. The number of carbonyl (C=O) groups is 2. The molecular formula is C16H22BrNO3. The number of hydrogen-bond donors (Lipinski definition) is 2. The predicted molar refractivity (Wildman–Crippen MR) is 86.0 cm³/mol. The van der Waals surface area contributed by atoms with Crippen molar-refractivity contribution in [3.05, 3.63) is 34.3 Å². The van der Waals surface area contributed by atoms with Gasteiger partial charge in [0.1, 0.15) is 0 Å². The van der Waals surface area contributed by atoms with Gasteiger partial charge in [-0.15, -0.1) is 0 Å². The summed E-state index contributed by atoms with van der Waals surface area (Å²) in [6.45, 7) is 5.60. The lowest BCUT2D eigenvalue weighted by Gasteiger charge is -2.24. The molecule has 0 saturated carbocycles. The predicted octanol–water partition coefficient (Wildman–Crippen LogP) is 3.91. The first kappa shape index (κ1) is 17.7. The highest BCUT2D eigenvalue weighted by atomic mass is 79.9. The van der Waals surface area contributed by atoms with E-state index in [9.17, 15) is 9.59 Å². The molecule has 0 aliphatic rings. The van der Waals surface area contributed by atoms with Gasteiger partial charge in [0.2, 0.25) is 5.91 Å². The molecule has 0 heterocycles. The first-order valence-electron chi connectivity index (χ1n) is 7.00. The second kappa shape index (κ2) is 7.59. The van der Waals surface area contributed by atoms with Crippen LogP contribution in [0.4, 0.5) is 0 Å². The molecule has 0 aromatic heterocycles. The monoisotopic (exact) mass is 355 g/mol. The molecule has 5 heteroatoms. The van der Waals surface area contributed by atoms with E-state index < -0.39 is 11.4 Å². The highest BCUT2D eigenvalue weighted by Gasteiger charge is 2.26. The van der Waals surface area contributed by atoms with Crippen LogP contribution in [-0.4, -0.2) is 17.0 Å². The molecule has 0 spiro atoms. The Balaban J connectivity index is 2.67. The average molecular weight is 356 g/mol. The summed E-state index contributed by atoms with van der Waals surface area (Å²) in [4.78, 5) is 22.9. The molecule has 1 aromatic rings. The van der Waals surface area contributed by atoms with Crippen molar-refractivity contribution >= 4 is 27.8 Å². The zero-order chi connectivity index (χ0) is 16.0. The van der Waals surface area contributed by atoms with Gasteiger partial charge in [0.15, 0.2) is 0 Å². The van der Waals surface area contributed by atoms with E-state index in [1.165, 1.54) is 0 Å². The number of nitrogens with one attached hydrogen (secondary N) is 1. The second-order valence-corrected chi connectivity index (χ2v) is 6.91. The summed E-state index contributed by atoms with van der Waals surface area (Å²) in [6, 6.07) is 7.78. The number of benzene rings is 1. The zero-order valence-corrected chi connectivity index (χ0v) is 14.2. The van der Waals surface area contributed by atoms with Crippen LogP contribution in [0.2, 0.25) is 0 Å². The quantitative estimate of drug-likeness (QED) is 0.779. The number of aliphatic carboxylic acids is 1. The van der Waals surface area contributed by atoms with Crippen molar-refractivity contribution in [1.29, 1.82) is 0 Å². The molecule has 0 aliphatic carbocycles. The Morgan fingerprint density at radius 2 is 1.81 bits per heavy atom. The smallest absolute Gasteiger partial charge is 0.303 e. The van der Waals surface area contributed by atoms with Crippen molar-refractivity contribution in [3.8, 4) is 0 Å². The summed E-state index contributed by atoms with van der Waals surface area (Å²) in [6.07, 6.45) is 0.967. The van der Waals surface area contributed by atoms with Crippen molar-refractivity contribution in [2.45, 2.75) is 46.1 Å². The van der Waals surface area contributed by atoms with Gasteiger partial charge in [0.05, 0.1) is 12.5 Å². The highest BCUT2D eigenvalue weighted by Crippen LogP contribution is 2.26. The van der Waals surface area contributed by atoms with Gasteiger partial charge in [-0.3, -0.25) is 9.59 Å². The Kier molecular flexibility index (Phi) is 6.40. The zero-order valence-electron chi connectivity index (χ0n) is 12.6. The third-order valence-corrected chi connectivity index (χ3v) is 3.81. The fourth-order valence-electron chi connectivity index (χ4n) is 2.27. The van der Waals surface area contributed by atoms with E-state index in [-0.39, 0.29) is 24.8 Å². The SMILES string of the molecule is CCC(NC(=O)CC(C)(C)CC(=O)O)c1ccc(Br)cc1. The van der Waals surface area contributed by atoms with Crippen LogP contribution in [0.5, 0.6) is 0 Å². The van der Waals surface area contributed by atoms with Gasteiger partial charge in [-0.05, 0) is 29.5 Å². The fourth-order valence-corrected chi connectivity index (χ4v) is 2.53. The maximum Gasteiger partial charge on any atom is 0.303 e. The molecule has 21 heavy (non-hydrogen) atoms. The summed E-state index contributed by atoms with van der Waals surface area (Å²) in [5.74, 6) is -0.997. The Labute approximate surface area is 134 Å². The molecule has 1 unspecified atom stereocenters. The highest BCUT2D eigenvalue weighted by molar-refractivity contribution is 9.10. The largest absolute Gasteiger partial charge is 0.481 e. The van der Waals surface area contributed by atoms with Crippen molar-refractivity contribution in [2.75, 3.05) is 0 Å². The van der Waals surface area contributed by atoms with E-state index in [1.54, 1.807) is 13.8 Å². The van der Waals surface area contributed by atoms with Gasteiger partial charge < -0.3 is 10.4 Å². The van der Waals surface area contributed by atoms with Crippen LogP contribution in [0, 0.1) is 5.41 Å². The maximum atomic E-state index is 12.1. The maximum absolute atomic E-state index is 12.1. The van der Waals surface area contributed by atoms with E-state index in [0.717, 1.165) is 16.5 Å². The summed E-state index contributed by atoms with van der Waals surface area (Å²) < 4.78 is 0.995. The summed E-state index contributed by atoms with van der Waals surface area (Å²) in [7, 11) is 0. The summed E-state index contributed by atoms with van der Waals surface area (Å²) in [5.41, 5.74) is 0.499. The van der Waals surface area contributed by atoms with Gasteiger partial charge in [0, 0.05) is 10.9 Å². The fraction of sp³-hybridized carbons (Fsp3) is 0.500. The van der Waals surface area contributed by atoms with E-state index in [2.05, 4.69) is 21.2 Å². The van der Waals surface area contributed by atoms with Gasteiger partial charge in [-0.25, -0.2) is 0 Å². The van der Waals surface area contributed by atoms with Crippen LogP contribution in [-0.2, 0) is 9.59 Å². The van der Waals surface area contributed by atoms with Crippen LogP contribution in [0.1, 0.15) is 51.6 Å². The third kappa shape index (κ3) is 6.29. The Morgan fingerprint density at radius 1 is 1.24 bits per heavy atom. The van der Waals surface area contributed by atoms with Gasteiger partial charge >= 0.3 is 5.97 Å². The molecular weight excluding hydrogens is 334 g/mol. The molecule has 0 aliphatic heterocycles. The minimum atomic E-state index is -0.882. The lowest BCUT2D eigenvalue weighted by Crippen LogP contribution is -2.32. The lowest BCUT2D eigenvalue weighted by atomic mass is 9.85. The molecule has 1 rings (SSSR count). The number of rotatable bonds is 7. The minimum Gasteiger partial charge on any atom is -0.481 e. The first-order chi connectivity index (χ1) is 9.73. The molecule has 1 aromatic carbocycles. The average Bonchev–Trinajstić information content (AvgIpc) is 2.34. The summed E-state index contributed by atoms with van der Waals surface area (Å²) in [5, 5.41) is 11.8. The number of carbonyl (C=O) groups excluding carboxylic acids is 1. The van der Waals surface area contributed by atoms with Crippen molar-refractivity contribution < 1.29 is 14.7 Å². The van der Waals surface area contributed by atoms with Crippen LogP contribution >= 0.6 is 15.9 Å². The number of carboxylic acid groups (broad SMARTS) is 1. The molecule has 0 bridgehead atoms. The second-order valence-electron chi connectivity index (χ2n) is 5.99. The third-order valence-electron chi connectivity index (χ3n) is 3.28. The minimum absolute atomic E-state index is 0.0184. The van der Waals surface area contributed by atoms with Crippen LogP contribution in [0.15, 0.2) is 28.7 Å². The topological polar surface area (TPSA) is 66.4 Å². The van der Waals surface area contributed by atoms with E-state index in [0.29, 0.717) is 0 Å². The molecule has 1 atom stereocenters. The van der Waals surface area contributed by atoms with Crippen LogP contribution < -0.4 is 5.32 Å². The molecule has 0 radical (unpaired) electrons. The standard InChI is InChI=1S/C16H22BrNO3/c1-4-13(11-5-7-12(17)8-6-11)18-14(19)9-16(2,3)10-15(20)21/h5-8,13H,4,9-10H2,1-3H3,(H,18,19)(H,20,21). The van der Waals surface area contributed by atoms with Crippen LogP contribution in [0.25, 0.3) is 0 Å². The normalized spacial score (nSPS) is 12.8. The van der Waals surface area contributed by atoms with E-state index >= 15 is 0 Å². The molecule has 0 saturated heterocycles. The number of hydrogen-bond acceptors (Lipinski definition) is 2. The van der Waals surface area contributed by atoms with Gasteiger partial charge in [-0.1, -0.05) is 48.8 Å². The van der Waals surface area contributed by atoms with Gasteiger partial charge in [-0.2, -0.15) is 0 Å². The number of halogens is 1. The van der Waals surface area contributed by atoms with Gasteiger partial charge in [0.25, 0.3) is 0 Å². The van der Waals surface area contributed by atoms with E-state index in [1.807, 2.05) is 31.2 Å². The number of amides is 1. The Bertz CT molecular complexity index is 497. The van der Waals surface area contributed by atoms with Crippen LogP contribution in [0.3, 0.4) is 0 Å². The molecule has 2 N–H and O–H groups in total. The van der Waals surface area contributed by atoms with Crippen molar-refractivity contribution in [1.82, 2.24) is 5.32 Å². The Hall–Kier alpha value is -1.36. The molecule has 116 valence electrons. The summed E-state index contributed by atoms with van der Waals surface area (Å²) >= 11 is 3.39. The molecule has 0 fully saturated rings. The van der Waals surface area contributed by atoms with Crippen molar-refractivity contribution in [2.24, 2.45) is 5.41 Å². The lowest BCUT2D eigenvalue weighted by molar-refractivity contribution is -0.139. The first-order valence-corrected chi connectivity index (χ1v) is 7.79. The van der Waals surface area contributed by atoms with Crippen molar-refractivity contribution in [3.63, 3.8) is 0 Å². The number of carboxylic acids is 1. The molecule has 4 nitrogen and oxygen atoms in total. The molecule has 1 amide bonds. The van der Waals surface area contributed by atoms with E-state index in [4.69, 9.17) is 5.11 Å².